The van der Waals surface area contributed by atoms with Gasteiger partial charge in [0.2, 0.25) is 0 Å². The van der Waals surface area contributed by atoms with Gasteiger partial charge in [-0.3, -0.25) is 0 Å². The molecule has 12 atom stereocenters. The number of hydrogen-bond donors (Lipinski definition) is 0. The Morgan fingerprint density at radius 3 is 0.727 bits per heavy atom. The summed E-state index contributed by atoms with van der Waals surface area (Å²) in [5.41, 5.74) is 16.3. The summed E-state index contributed by atoms with van der Waals surface area (Å²) in [4.78, 5) is 23.9. The monoisotopic (exact) mass is 1360 g/mol. The lowest BCUT2D eigenvalue weighted by atomic mass is 9.60. The van der Waals surface area contributed by atoms with Crippen molar-refractivity contribution in [3.05, 3.63) is 223 Å². The van der Waals surface area contributed by atoms with E-state index in [-0.39, 0.29) is 13.2 Å². The quantitative estimate of drug-likeness (QED) is 0.0626. The normalized spacial score (nSPS) is 25.8. The number of hydrogen-bond acceptors (Lipinski definition) is 4. The molecule has 4 aliphatic rings. The number of carbonyl (C=O) groups excluding carboxylic acids is 2. The summed E-state index contributed by atoms with van der Waals surface area (Å²) in [6, 6.07) is 51.7. The van der Waals surface area contributed by atoms with Gasteiger partial charge in [0.1, 0.15) is 13.2 Å². The van der Waals surface area contributed by atoms with Crippen LogP contribution in [0.3, 0.4) is 0 Å². The Morgan fingerprint density at radius 1 is 0.263 bits per heavy atom. The Balaban J connectivity index is 0.000000224. The van der Waals surface area contributed by atoms with Crippen molar-refractivity contribution in [2.24, 2.45) is 94.7 Å². The van der Waals surface area contributed by atoms with Crippen molar-refractivity contribution in [3.63, 3.8) is 0 Å². The van der Waals surface area contributed by atoms with E-state index in [0.717, 1.165) is 117 Å². The third kappa shape index (κ3) is 22.6. The summed E-state index contributed by atoms with van der Waals surface area (Å²) in [5.74, 6) is 14.6. The molecule has 4 aliphatic carbocycles. The lowest BCUT2D eigenvalue weighted by Crippen LogP contribution is -2.74. The van der Waals surface area contributed by atoms with Crippen LogP contribution in [-0.4, -0.2) is 33.2 Å². The Morgan fingerprint density at radius 2 is 0.495 bits per heavy atom. The molecule has 4 nitrogen and oxygen atoms in total. The molecule has 7 aromatic rings. The van der Waals surface area contributed by atoms with Crippen LogP contribution in [0.15, 0.2) is 146 Å². The molecular weight excluding hydrogens is 1220 g/mol. The first kappa shape index (κ1) is 83.4. The second-order valence-corrected chi connectivity index (χ2v) is 36.4. The second kappa shape index (κ2) is 38.7. The standard InChI is InChI=1S/C28H28Si.C20H22O4.C10H20.C10H14.2C9H18.C8H16/c1-21-15-17-27(19-23(21)3)29(25-11-7-5-8-12-25,26-13-9-6-10-14-26)28-18-16-22(2)24(4)20-28;1-13-5-7-17(11-15(13)3)19(21)23-9-10-24-20(22)18-8-6-14(2)16(4)12-18;2*1-7-5-9(3)10(4)6-8(7)2;2*1-6-5-7(2)9(4)8(6)3;1-5-6(2)8(4)7(5)3/h5-20H,1-4H3;5-8,11-12H,9-10H2,1-4H3;7-10H,5-6H2,1-4H3;5-6H,1-4H3;2*6-9H,5H2,1-4H3;5-8H,1-4H3. The van der Waals surface area contributed by atoms with Crippen LogP contribution in [0, 0.1) is 178 Å². The predicted molar refractivity (Wildman–Crippen MR) is 432 cm³/mol. The van der Waals surface area contributed by atoms with Crippen LogP contribution in [0.5, 0.6) is 0 Å². The van der Waals surface area contributed by atoms with Gasteiger partial charge in [0.05, 0.1) is 11.1 Å². The van der Waals surface area contributed by atoms with Gasteiger partial charge in [0.25, 0.3) is 0 Å². The predicted octanol–water partition coefficient (Wildman–Crippen LogP) is 22.9. The fraction of sp³-hybridized carbons (Fsp3) is 0.532. The van der Waals surface area contributed by atoms with Crippen LogP contribution >= 0.6 is 0 Å². The maximum absolute atomic E-state index is 11.9. The van der Waals surface area contributed by atoms with E-state index >= 15 is 0 Å². The topological polar surface area (TPSA) is 52.6 Å². The maximum Gasteiger partial charge on any atom is 0.338 e. The Labute approximate surface area is 607 Å². The molecule has 5 heteroatoms. The van der Waals surface area contributed by atoms with Gasteiger partial charge in [-0.2, -0.15) is 0 Å². The average molecular weight is 1360 g/mol. The van der Waals surface area contributed by atoms with E-state index in [9.17, 15) is 9.59 Å². The highest BCUT2D eigenvalue weighted by molar-refractivity contribution is 7.19. The number of esters is 2. The second-order valence-electron chi connectivity index (χ2n) is 32.6. The van der Waals surface area contributed by atoms with E-state index in [1.807, 2.05) is 39.8 Å². The minimum atomic E-state index is -2.41. The zero-order valence-electron chi connectivity index (χ0n) is 67.5. The highest BCUT2D eigenvalue weighted by atomic mass is 28.3. The van der Waals surface area contributed by atoms with Crippen LogP contribution in [0.1, 0.15) is 224 Å². The van der Waals surface area contributed by atoms with Crippen LogP contribution in [0.4, 0.5) is 0 Å². The van der Waals surface area contributed by atoms with Crippen LogP contribution in [0.25, 0.3) is 0 Å². The molecule has 0 bridgehead atoms. The van der Waals surface area contributed by atoms with E-state index < -0.39 is 20.0 Å². The van der Waals surface area contributed by atoms with Crippen molar-refractivity contribution in [1.82, 2.24) is 0 Å². The van der Waals surface area contributed by atoms with Crippen molar-refractivity contribution in [2.45, 2.75) is 220 Å². The van der Waals surface area contributed by atoms with E-state index in [1.54, 1.807) is 24.3 Å². The number of carbonyl (C=O) groups is 2. The van der Waals surface area contributed by atoms with Gasteiger partial charge in [0, 0.05) is 0 Å². The van der Waals surface area contributed by atoms with Gasteiger partial charge in [-0.05, 0) is 315 Å². The molecule has 99 heavy (non-hydrogen) atoms. The fourth-order valence-electron chi connectivity index (χ4n) is 15.6. The SMILES string of the molecule is CC1C(C)C(C)C1C.CC1CC(C)C(C)C1C.CC1CC(C)C(C)C1C.CC1CC(C)C(C)CC1C.Cc1cc(C)c(C)cc1C.Cc1ccc(C(=O)OCCOC(=O)c2ccc(C)c(C)c2)cc1C.Cc1ccc([Si](c2ccccc2)(c2ccccc2)c2ccc(C)c(C)c2)cc1C. The summed E-state index contributed by atoms with van der Waals surface area (Å²) >= 11 is 0. The molecule has 7 aromatic carbocycles. The summed E-state index contributed by atoms with van der Waals surface area (Å²) in [6.45, 7) is 63.5. The highest BCUT2D eigenvalue weighted by Crippen LogP contribution is 2.45. The number of benzene rings is 7. The van der Waals surface area contributed by atoms with Crippen molar-refractivity contribution in [1.29, 1.82) is 0 Å². The first-order chi connectivity index (χ1) is 46.5. The molecule has 4 fully saturated rings. The van der Waals surface area contributed by atoms with Crippen molar-refractivity contribution in [3.8, 4) is 0 Å². The number of ether oxygens (including phenoxy) is 2. The molecule has 0 spiro atoms. The smallest absolute Gasteiger partial charge is 0.338 e. The van der Waals surface area contributed by atoms with Gasteiger partial charge < -0.3 is 9.47 Å². The number of rotatable bonds is 9. The van der Waals surface area contributed by atoms with Gasteiger partial charge in [-0.25, -0.2) is 9.59 Å². The van der Waals surface area contributed by atoms with E-state index in [0.29, 0.717) is 11.1 Å². The summed E-state index contributed by atoms with van der Waals surface area (Å²) in [7, 11) is -2.41. The van der Waals surface area contributed by atoms with Crippen molar-refractivity contribution < 1.29 is 19.1 Å². The Kier molecular flexibility index (Phi) is 32.5. The summed E-state index contributed by atoms with van der Waals surface area (Å²) in [6.07, 6.45) is 5.79. The largest absolute Gasteiger partial charge is 0.458 e. The third-order valence-electron chi connectivity index (χ3n) is 25.9. The summed E-state index contributed by atoms with van der Waals surface area (Å²) in [5, 5.41) is 5.75. The molecule has 0 aliphatic heterocycles. The molecule has 0 aromatic heterocycles. The van der Waals surface area contributed by atoms with Gasteiger partial charge in [-0.15, -0.1) is 0 Å². The molecule has 11 rings (SSSR count). The van der Waals surface area contributed by atoms with Crippen molar-refractivity contribution >= 4 is 40.8 Å². The van der Waals surface area contributed by atoms with Gasteiger partial charge >= 0.3 is 11.9 Å². The molecule has 4 saturated carbocycles. The molecule has 0 saturated heterocycles. The Bertz CT molecular complexity index is 3320. The van der Waals surface area contributed by atoms with Crippen LogP contribution < -0.4 is 20.7 Å². The zero-order chi connectivity index (χ0) is 73.9. The van der Waals surface area contributed by atoms with Crippen molar-refractivity contribution in [2.75, 3.05) is 13.2 Å². The molecule has 0 radical (unpaired) electrons. The molecule has 12 unspecified atom stereocenters. The van der Waals surface area contributed by atoms with Gasteiger partial charge in [0.15, 0.2) is 8.07 Å². The fourth-order valence-corrected chi connectivity index (χ4v) is 20.5. The lowest BCUT2D eigenvalue weighted by Gasteiger charge is -2.45. The molecule has 0 N–H and O–H groups in total. The van der Waals surface area contributed by atoms with E-state index in [1.165, 1.54) is 90.9 Å². The first-order valence-corrected chi connectivity index (χ1v) is 40.3. The highest BCUT2D eigenvalue weighted by Gasteiger charge is 2.42. The minimum Gasteiger partial charge on any atom is -0.458 e. The minimum absolute atomic E-state index is 0.0301. The first-order valence-electron chi connectivity index (χ1n) is 38.3. The molecule has 0 heterocycles. The Hall–Kier alpha value is -6.30. The van der Waals surface area contributed by atoms with Crippen LogP contribution in [-0.2, 0) is 9.47 Å². The van der Waals surface area contributed by atoms with E-state index in [2.05, 4.69) is 275 Å². The van der Waals surface area contributed by atoms with E-state index in [4.69, 9.17) is 9.47 Å². The third-order valence-corrected chi connectivity index (χ3v) is 30.7. The summed E-state index contributed by atoms with van der Waals surface area (Å²) < 4.78 is 10.3. The average Bonchev–Trinajstić information content (AvgIpc) is 1.24. The zero-order valence-corrected chi connectivity index (χ0v) is 68.5. The number of aryl methyl sites for hydroxylation is 12. The lowest BCUT2D eigenvalue weighted by molar-refractivity contribution is 0.0265. The van der Waals surface area contributed by atoms with Gasteiger partial charge in [-0.1, -0.05) is 232 Å². The maximum atomic E-state index is 11.9. The molecular formula is C94H136O4Si. The van der Waals surface area contributed by atoms with Crippen LogP contribution in [0.2, 0.25) is 0 Å². The molecule has 0 amide bonds. The molecule has 540 valence electrons.